The number of pyridine rings is 1. The zero-order chi connectivity index (χ0) is 23.6. The molecular formula is C23H18F3N3O4. The van der Waals surface area contributed by atoms with Crippen LogP contribution in [0.3, 0.4) is 0 Å². The molecule has 0 radical (unpaired) electrons. The lowest BCUT2D eigenvalue weighted by molar-refractivity contribution is -0.192. The van der Waals surface area contributed by atoms with E-state index in [-0.39, 0.29) is 6.10 Å². The first-order chi connectivity index (χ1) is 15.7. The lowest BCUT2D eigenvalue weighted by Gasteiger charge is -2.25. The summed E-state index contributed by atoms with van der Waals surface area (Å²) in [7, 11) is 0. The number of hydrogen-bond donors (Lipinski definition) is 2. The highest BCUT2D eigenvalue weighted by Crippen LogP contribution is 2.36. The third kappa shape index (κ3) is 5.05. The number of aryl methyl sites for hydroxylation is 1. The van der Waals surface area contributed by atoms with Gasteiger partial charge in [-0.05, 0) is 60.0 Å². The van der Waals surface area contributed by atoms with Gasteiger partial charge in [0.25, 0.3) is 0 Å². The molecule has 170 valence electrons. The number of aliphatic carboxylic acids is 1. The number of nitrogens with one attached hydrogen (secondary N) is 1. The van der Waals surface area contributed by atoms with E-state index in [1.54, 1.807) is 12.4 Å². The summed E-state index contributed by atoms with van der Waals surface area (Å²) in [5.74, 6) is -0.437. The van der Waals surface area contributed by atoms with Gasteiger partial charge in [0.1, 0.15) is 6.61 Å². The summed E-state index contributed by atoms with van der Waals surface area (Å²) in [6.45, 7) is 2.48. The highest BCUT2D eigenvalue weighted by Gasteiger charge is 2.38. The Morgan fingerprint density at radius 2 is 1.79 bits per heavy atom. The number of alkyl halides is 3. The zero-order valence-electron chi connectivity index (χ0n) is 17.3. The molecule has 2 N–H and O–H groups in total. The second-order valence-electron chi connectivity index (χ2n) is 7.26. The minimum Gasteiger partial charge on any atom is -0.485 e. The molecule has 1 aliphatic rings. The second-order valence-corrected chi connectivity index (χ2v) is 7.26. The Balaban J connectivity index is 0.000000325. The van der Waals surface area contributed by atoms with Crippen LogP contribution in [-0.2, 0) is 4.79 Å². The van der Waals surface area contributed by atoms with Crippen LogP contribution in [0, 0.1) is 6.92 Å². The molecule has 10 heteroatoms. The number of carboxylic acids is 1. The molecule has 2 aromatic heterocycles. The van der Waals surface area contributed by atoms with Crippen molar-refractivity contribution < 1.29 is 32.5 Å². The number of aromatic nitrogens is 3. The molecule has 7 nitrogen and oxygen atoms in total. The van der Waals surface area contributed by atoms with Crippen LogP contribution in [0.5, 0.6) is 11.5 Å². The van der Waals surface area contributed by atoms with E-state index in [0.717, 1.165) is 45.0 Å². The van der Waals surface area contributed by atoms with E-state index in [1.165, 1.54) is 0 Å². The van der Waals surface area contributed by atoms with E-state index >= 15 is 0 Å². The molecule has 3 heterocycles. The summed E-state index contributed by atoms with van der Waals surface area (Å²) >= 11 is 0. The van der Waals surface area contributed by atoms with Crippen LogP contribution in [-0.4, -0.2) is 38.8 Å². The lowest BCUT2D eigenvalue weighted by Crippen LogP contribution is -2.22. The predicted molar refractivity (Wildman–Crippen MR) is 113 cm³/mol. The topological polar surface area (TPSA) is 97.3 Å². The Hall–Kier alpha value is -4.08. The molecule has 0 saturated carbocycles. The molecule has 0 amide bonds. The molecule has 1 aliphatic heterocycles. The van der Waals surface area contributed by atoms with Crippen molar-refractivity contribution >= 4 is 17.0 Å². The molecule has 0 spiro atoms. The number of hydrogen-bond acceptors (Lipinski definition) is 5. The zero-order valence-corrected chi connectivity index (χ0v) is 17.3. The van der Waals surface area contributed by atoms with Crippen LogP contribution < -0.4 is 9.47 Å². The van der Waals surface area contributed by atoms with Crippen molar-refractivity contribution in [3.63, 3.8) is 0 Å². The molecule has 33 heavy (non-hydrogen) atoms. The van der Waals surface area contributed by atoms with E-state index in [9.17, 15) is 13.2 Å². The highest BCUT2D eigenvalue weighted by molar-refractivity contribution is 5.82. The fourth-order valence-electron chi connectivity index (χ4n) is 3.22. The summed E-state index contributed by atoms with van der Waals surface area (Å²) in [6.07, 6.45) is -1.74. The monoisotopic (exact) mass is 457 g/mol. The first-order valence-corrected chi connectivity index (χ1v) is 9.81. The third-order valence-corrected chi connectivity index (χ3v) is 4.82. The first kappa shape index (κ1) is 22.1. The fourth-order valence-corrected chi connectivity index (χ4v) is 3.22. The average molecular weight is 457 g/mol. The normalized spacial score (nSPS) is 15.0. The SMILES string of the molecule is Cc1ccc2c(c1)OCC(c1nc3ccc(-c4ccncc4)cc3[nH]1)O2.O=C(O)C(F)(F)F. The highest BCUT2D eigenvalue weighted by atomic mass is 19.4. The molecular weight excluding hydrogens is 439 g/mol. The maximum Gasteiger partial charge on any atom is 0.490 e. The maximum atomic E-state index is 10.6. The fraction of sp³-hybridized carbons (Fsp3) is 0.174. The molecule has 5 rings (SSSR count). The van der Waals surface area contributed by atoms with Crippen molar-refractivity contribution in [2.45, 2.75) is 19.2 Å². The Kier molecular flexibility index (Phi) is 5.91. The smallest absolute Gasteiger partial charge is 0.485 e. The predicted octanol–water partition coefficient (Wildman–Crippen LogP) is 5.08. The van der Waals surface area contributed by atoms with Crippen LogP contribution in [0.25, 0.3) is 22.2 Å². The molecule has 0 fully saturated rings. The number of rotatable bonds is 2. The quantitative estimate of drug-likeness (QED) is 0.436. The number of H-pyrrole nitrogens is 1. The minimum atomic E-state index is -5.08. The number of nitrogens with zero attached hydrogens (tertiary/aromatic N) is 2. The molecule has 1 atom stereocenters. The number of halogens is 3. The van der Waals surface area contributed by atoms with Crippen LogP contribution in [0.2, 0.25) is 0 Å². The van der Waals surface area contributed by atoms with E-state index in [1.807, 2.05) is 43.3 Å². The van der Waals surface area contributed by atoms with E-state index < -0.39 is 12.1 Å². The number of aromatic amines is 1. The van der Waals surface area contributed by atoms with Crippen LogP contribution in [0.4, 0.5) is 13.2 Å². The van der Waals surface area contributed by atoms with Gasteiger partial charge in [-0.2, -0.15) is 13.2 Å². The van der Waals surface area contributed by atoms with Gasteiger partial charge in [-0.1, -0.05) is 12.1 Å². The Morgan fingerprint density at radius 3 is 2.48 bits per heavy atom. The molecule has 0 aliphatic carbocycles. The number of ether oxygens (including phenoxy) is 2. The Morgan fingerprint density at radius 1 is 1.06 bits per heavy atom. The third-order valence-electron chi connectivity index (χ3n) is 4.82. The maximum absolute atomic E-state index is 10.6. The van der Waals surface area contributed by atoms with Crippen molar-refractivity contribution in [2.75, 3.05) is 6.61 Å². The van der Waals surface area contributed by atoms with Crippen LogP contribution in [0.15, 0.2) is 60.9 Å². The number of carbonyl (C=O) groups is 1. The summed E-state index contributed by atoms with van der Waals surface area (Å²) in [5.41, 5.74) is 5.29. The van der Waals surface area contributed by atoms with Gasteiger partial charge in [0.15, 0.2) is 23.4 Å². The van der Waals surface area contributed by atoms with Crippen molar-refractivity contribution in [2.24, 2.45) is 0 Å². The van der Waals surface area contributed by atoms with Crippen LogP contribution >= 0.6 is 0 Å². The molecule has 1 unspecified atom stereocenters. The van der Waals surface area contributed by atoms with Gasteiger partial charge >= 0.3 is 12.1 Å². The van der Waals surface area contributed by atoms with E-state index in [0.29, 0.717) is 6.61 Å². The van der Waals surface area contributed by atoms with Gasteiger partial charge in [0, 0.05) is 12.4 Å². The van der Waals surface area contributed by atoms with Crippen molar-refractivity contribution in [3.8, 4) is 22.6 Å². The van der Waals surface area contributed by atoms with Crippen LogP contribution in [0.1, 0.15) is 17.5 Å². The lowest BCUT2D eigenvalue weighted by atomic mass is 10.1. The van der Waals surface area contributed by atoms with Crippen molar-refractivity contribution in [3.05, 3.63) is 72.3 Å². The van der Waals surface area contributed by atoms with E-state index in [2.05, 4.69) is 27.1 Å². The minimum absolute atomic E-state index is 0.248. The standard InChI is InChI=1S/C21H17N3O2.C2HF3O2/c1-13-2-5-18-19(10-13)25-12-20(26-18)21-23-16-4-3-15(11-17(16)24-21)14-6-8-22-9-7-14;3-2(4,5)1(6)7/h2-11,20H,12H2,1H3,(H,23,24);(H,6,7). The van der Waals surface area contributed by atoms with Crippen molar-refractivity contribution in [1.82, 2.24) is 15.0 Å². The van der Waals surface area contributed by atoms with Gasteiger partial charge < -0.3 is 19.6 Å². The van der Waals surface area contributed by atoms with Gasteiger partial charge in [0.2, 0.25) is 0 Å². The number of fused-ring (bicyclic) bond motifs is 2. The summed E-state index contributed by atoms with van der Waals surface area (Å²) in [5, 5.41) is 7.12. The van der Waals surface area contributed by atoms with Gasteiger partial charge in [-0.3, -0.25) is 4.98 Å². The Bertz CT molecular complexity index is 1290. The second kappa shape index (κ2) is 8.81. The molecule has 2 aromatic carbocycles. The average Bonchev–Trinajstić information content (AvgIpc) is 3.22. The summed E-state index contributed by atoms with van der Waals surface area (Å²) in [6, 6.07) is 16.1. The van der Waals surface area contributed by atoms with Crippen molar-refractivity contribution in [1.29, 1.82) is 0 Å². The number of carboxylic acid groups (broad SMARTS) is 1. The summed E-state index contributed by atoms with van der Waals surface area (Å²) in [4.78, 5) is 21.0. The van der Waals surface area contributed by atoms with Gasteiger partial charge in [-0.15, -0.1) is 0 Å². The largest absolute Gasteiger partial charge is 0.490 e. The molecule has 0 bridgehead atoms. The van der Waals surface area contributed by atoms with Gasteiger partial charge in [-0.25, -0.2) is 9.78 Å². The van der Waals surface area contributed by atoms with Gasteiger partial charge in [0.05, 0.1) is 11.0 Å². The number of imidazole rings is 1. The number of benzene rings is 2. The summed E-state index contributed by atoms with van der Waals surface area (Å²) < 4.78 is 43.7. The molecule has 4 aromatic rings. The Labute approximate surface area is 185 Å². The van der Waals surface area contributed by atoms with E-state index in [4.69, 9.17) is 19.4 Å². The molecule has 0 saturated heterocycles. The first-order valence-electron chi connectivity index (χ1n) is 9.81.